The van der Waals surface area contributed by atoms with Crippen molar-refractivity contribution in [2.45, 2.75) is 25.7 Å². The monoisotopic (exact) mass is 236 g/mol. The highest BCUT2D eigenvalue weighted by atomic mass is 19.1. The molecule has 1 unspecified atom stereocenters. The van der Waals surface area contributed by atoms with E-state index in [4.69, 9.17) is 4.74 Å². The van der Waals surface area contributed by atoms with E-state index < -0.39 is 5.41 Å². The third kappa shape index (κ3) is 2.93. The molecule has 0 aromatic heterocycles. The summed E-state index contributed by atoms with van der Waals surface area (Å²) in [6.45, 7) is 7.51. The van der Waals surface area contributed by atoms with Gasteiger partial charge in [-0.25, -0.2) is 4.39 Å². The van der Waals surface area contributed by atoms with Crippen LogP contribution in [-0.4, -0.2) is 12.6 Å². The summed E-state index contributed by atoms with van der Waals surface area (Å²) in [5.41, 5.74) is -0.0666. The lowest BCUT2D eigenvalue weighted by Crippen LogP contribution is -2.34. The van der Waals surface area contributed by atoms with Crippen LogP contribution in [0.4, 0.5) is 4.39 Å². The summed E-state index contributed by atoms with van der Waals surface area (Å²) >= 11 is 0. The molecule has 1 aromatic carbocycles. The minimum Gasteiger partial charge on any atom is -0.465 e. The normalized spacial score (nSPS) is 13.8. The summed E-state index contributed by atoms with van der Waals surface area (Å²) in [6.07, 6.45) is 2.12. The summed E-state index contributed by atoms with van der Waals surface area (Å²) in [7, 11) is 0. The maximum Gasteiger partial charge on any atom is 0.316 e. The highest BCUT2D eigenvalue weighted by Gasteiger charge is 2.35. The highest BCUT2D eigenvalue weighted by Crippen LogP contribution is 2.29. The van der Waals surface area contributed by atoms with Crippen LogP contribution in [0.25, 0.3) is 0 Å². The molecule has 3 heteroatoms. The largest absolute Gasteiger partial charge is 0.465 e. The van der Waals surface area contributed by atoms with Crippen molar-refractivity contribution < 1.29 is 13.9 Å². The Labute approximate surface area is 101 Å². The molecule has 0 N–H and O–H groups in total. The van der Waals surface area contributed by atoms with Crippen LogP contribution in [-0.2, 0) is 14.9 Å². The molecule has 0 heterocycles. The van der Waals surface area contributed by atoms with Crippen LogP contribution >= 0.6 is 0 Å². The molecule has 0 amide bonds. The van der Waals surface area contributed by atoms with Gasteiger partial charge in [-0.1, -0.05) is 18.2 Å². The molecule has 0 bridgehead atoms. The molecule has 0 aliphatic carbocycles. The Morgan fingerprint density at radius 3 is 2.53 bits per heavy atom. The number of ether oxygens (including phenoxy) is 1. The number of halogens is 1. The van der Waals surface area contributed by atoms with Crippen molar-refractivity contribution in [3.8, 4) is 0 Å². The summed E-state index contributed by atoms with van der Waals surface area (Å²) in [4.78, 5) is 12.0. The van der Waals surface area contributed by atoms with Gasteiger partial charge in [0.1, 0.15) is 5.82 Å². The predicted molar refractivity (Wildman–Crippen MR) is 65.2 cm³/mol. The van der Waals surface area contributed by atoms with Crippen LogP contribution in [0.5, 0.6) is 0 Å². The minimum atomic E-state index is -0.800. The van der Waals surface area contributed by atoms with Gasteiger partial charge in [-0.05, 0) is 38.0 Å². The van der Waals surface area contributed by atoms with Crippen molar-refractivity contribution in [3.05, 3.63) is 48.3 Å². The SMILES string of the molecule is C=CCC(C)(C(=O)OCC)c1ccc(F)cc1. The van der Waals surface area contributed by atoms with Crippen LogP contribution < -0.4 is 0 Å². The lowest BCUT2D eigenvalue weighted by atomic mass is 9.79. The fourth-order valence-corrected chi connectivity index (χ4v) is 1.72. The number of carbonyl (C=O) groups is 1. The van der Waals surface area contributed by atoms with Crippen molar-refractivity contribution in [3.63, 3.8) is 0 Å². The molecule has 0 aliphatic heterocycles. The van der Waals surface area contributed by atoms with Gasteiger partial charge in [0.15, 0.2) is 0 Å². The van der Waals surface area contributed by atoms with E-state index >= 15 is 0 Å². The smallest absolute Gasteiger partial charge is 0.316 e. The van der Waals surface area contributed by atoms with E-state index in [9.17, 15) is 9.18 Å². The van der Waals surface area contributed by atoms with Gasteiger partial charge in [0.2, 0.25) is 0 Å². The summed E-state index contributed by atoms with van der Waals surface area (Å²) < 4.78 is 17.9. The number of esters is 1. The quantitative estimate of drug-likeness (QED) is 0.579. The standard InChI is InChI=1S/C14H17FO2/c1-4-10-14(3,13(16)17-5-2)11-6-8-12(15)9-7-11/h4,6-9H,1,5,10H2,2-3H3. The third-order valence-electron chi connectivity index (χ3n) is 2.76. The Bertz CT molecular complexity index is 397. The number of hydrogen-bond donors (Lipinski definition) is 0. The Balaban J connectivity index is 3.10. The molecule has 2 nitrogen and oxygen atoms in total. The maximum absolute atomic E-state index is 12.9. The van der Waals surface area contributed by atoms with Crippen LogP contribution in [0, 0.1) is 5.82 Å². The van der Waals surface area contributed by atoms with Gasteiger partial charge in [0.25, 0.3) is 0 Å². The van der Waals surface area contributed by atoms with Crippen LogP contribution in [0.15, 0.2) is 36.9 Å². The maximum atomic E-state index is 12.9. The van der Waals surface area contributed by atoms with Crippen molar-refractivity contribution >= 4 is 5.97 Å². The first-order valence-electron chi connectivity index (χ1n) is 5.58. The Morgan fingerprint density at radius 1 is 1.47 bits per heavy atom. The average Bonchev–Trinajstić information content (AvgIpc) is 2.30. The molecule has 0 spiro atoms. The van der Waals surface area contributed by atoms with Crippen LogP contribution in [0.3, 0.4) is 0 Å². The number of rotatable bonds is 5. The van der Waals surface area contributed by atoms with Gasteiger partial charge >= 0.3 is 5.97 Å². The van der Waals surface area contributed by atoms with E-state index in [0.717, 1.165) is 5.56 Å². The Kier molecular flexibility index (Phi) is 4.44. The second-order valence-corrected chi connectivity index (χ2v) is 4.05. The second-order valence-electron chi connectivity index (χ2n) is 4.05. The molecule has 0 aliphatic rings. The second kappa shape index (κ2) is 5.62. The van der Waals surface area contributed by atoms with Crippen molar-refractivity contribution in [2.75, 3.05) is 6.61 Å². The van der Waals surface area contributed by atoms with E-state index in [-0.39, 0.29) is 11.8 Å². The molecule has 0 saturated heterocycles. The topological polar surface area (TPSA) is 26.3 Å². The van der Waals surface area contributed by atoms with E-state index in [1.54, 1.807) is 32.1 Å². The molecular weight excluding hydrogens is 219 g/mol. The Hall–Kier alpha value is -1.64. The molecule has 1 rings (SSSR count). The van der Waals surface area contributed by atoms with Crippen LogP contribution in [0.2, 0.25) is 0 Å². The van der Waals surface area contributed by atoms with Gasteiger partial charge < -0.3 is 4.74 Å². The van der Waals surface area contributed by atoms with Gasteiger partial charge in [0, 0.05) is 0 Å². The summed E-state index contributed by atoms with van der Waals surface area (Å²) in [5.74, 6) is -0.634. The number of benzene rings is 1. The number of allylic oxidation sites excluding steroid dienone is 1. The van der Waals surface area contributed by atoms with Crippen molar-refractivity contribution in [2.24, 2.45) is 0 Å². The first-order valence-corrected chi connectivity index (χ1v) is 5.58. The number of hydrogen-bond acceptors (Lipinski definition) is 2. The number of carbonyl (C=O) groups excluding carboxylic acids is 1. The zero-order valence-corrected chi connectivity index (χ0v) is 10.2. The van der Waals surface area contributed by atoms with E-state index in [1.807, 2.05) is 0 Å². The molecule has 0 radical (unpaired) electrons. The van der Waals surface area contributed by atoms with Crippen molar-refractivity contribution in [1.82, 2.24) is 0 Å². The van der Waals surface area contributed by atoms with E-state index in [0.29, 0.717) is 13.0 Å². The predicted octanol–water partition coefficient (Wildman–Crippen LogP) is 3.22. The molecule has 0 fully saturated rings. The summed E-state index contributed by atoms with van der Waals surface area (Å²) in [6, 6.07) is 5.90. The lowest BCUT2D eigenvalue weighted by molar-refractivity contribution is -0.149. The average molecular weight is 236 g/mol. The molecule has 0 saturated carbocycles. The molecule has 1 aromatic rings. The molecular formula is C14H17FO2. The van der Waals surface area contributed by atoms with Gasteiger partial charge in [-0.3, -0.25) is 4.79 Å². The highest BCUT2D eigenvalue weighted by molar-refractivity contribution is 5.83. The summed E-state index contributed by atoms with van der Waals surface area (Å²) in [5, 5.41) is 0. The van der Waals surface area contributed by atoms with Gasteiger partial charge in [-0.2, -0.15) is 0 Å². The third-order valence-corrected chi connectivity index (χ3v) is 2.76. The van der Waals surface area contributed by atoms with Crippen molar-refractivity contribution in [1.29, 1.82) is 0 Å². The Morgan fingerprint density at radius 2 is 2.06 bits per heavy atom. The molecule has 92 valence electrons. The van der Waals surface area contributed by atoms with E-state index in [1.165, 1.54) is 12.1 Å². The molecule has 1 atom stereocenters. The zero-order valence-electron chi connectivity index (χ0n) is 10.2. The molecule has 17 heavy (non-hydrogen) atoms. The van der Waals surface area contributed by atoms with Gasteiger partial charge in [0.05, 0.1) is 12.0 Å². The van der Waals surface area contributed by atoms with Gasteiger partial charge in [-0.15, -0.1) is 6.58 Å². The minimum absolute atomic E-state index is 0.313. The first kappa shape index (κ1) is 13.4. The zero-order chi connectivity index (χ0) is 12.9. The lowest BCUT2D eigenvalue weighted by Gasteiger charge is -2.26. The van der Waals surface area contributed by atoms with E-state index in [2.05, 4.69) is 6.58 Å². The fraction of sp³-hybridized carbons (Fsp3) is 0.357. The first-order chi connectivity index (χ1) is 8.04. The fourth-order valence-electron chi connectivity index (χ4n) is 1.72. The van der Waals surface area contributed by atoms with Crippen LogP contribution in [0.1, 0.15) is 25.8 Å².